The lowest BCUT2D eigenvalue weighted by Gasteiger charge is -2.09. The summed E-state index contributed by atoms with van der Waals surface area (Å²) in [6.45, 7) is 0.173. The number of amides is 1. The number of halogens is 2. The van der Waals surface area contributed by atoms with Crippen LogP contribution in [0, 0.1) is 0 Å². The zero-order valence-electron chi connectivity index (χ0n) is 10.5. The number of rotatable bonds is 5. The van der Waals surface area contributed by atoms with Crippen molar-refractivity contribution in [3.05, 3.63) is 27.7 Å². The highest BCUT2D eigenvalue weighted by Gasteiger charge is 2.13. The van der Waals surface area contributed by atoms with E-state index in [4.69, 9.17) is 27.9 Å². The minimum atomic E-state index is -0.397. The van der Waals surface area contributed by atoms with Crippen LogP contribution in [-0.4, -0.2) is 32.6 Å². The molecule has 1 N–H and O–H groups in total. The molecule has 0 aromatic heterocycles. The van der Waals surface area contributed by atoms with E-state index < -0.39 is 5.97 Å². The van der Waals surface area contributed by atoms with Crippen molar-refractivity contribution in [2.75, 3.05) is 20.8 Å². The van der Waals surface area contributed by atoms with Crippen LogP contribution in [0.4, 0.5) is 0 Å². The van der Waals surface area contributed by atoms with E-state index >= 15 is 0 Å². The third kappa shape index (κ3) is 4.29. The van der Waals surface area contributed by atoms with Gasteiger partial charge in [-0.1, -0.05) is 23.2 Å². The van der Waals surface area contributed by atoms with Gasteiger partial charge in [0.2, 0.25) is 0 Å². The maximum atomic E-state index is 11.8. The fraction of sp³-hybridized carbons (Fsp3) is 0.333. The summed E-state index contributed by atoms with van der Waals surface area (Å²) in [6, 6.07) is 2.89. The van der Waals surface area contributed by atoms with Crippen LogP contribution in [0.15, 0.2) is 12.1 Å². The first kappa shape index (κ1) is 15.6. The van der Waals surface area contributed by atoms with Crippen LogP contribution in [0.5, 0.6) is 5.75 Å². The molecular formula is C12H13Cl2NO4. The first-order valence-corrected chi connectivity index (χ1v) is 6.13. The van der Waals surface area contributed by atoms with Gasteiger partial charge in [-0.15, -0.1) is 0 Å². The molecule has 0 atom stereocenters. The number of esters is 1. The monoisotopic (exact) mass is 305 g/mol. The van der Waals surface area contributed by atoms with Crippen LogP contribution in [-0.2, 0) is 9.53 Å². The number of ether oxygens (including phenoxy) is 2. The maximum absolute atomic E-state index is 11.8. The Balaban J connectivity index is 2.70. The quantitative estimate of drug-likeness (QED) is 0.848. The molecule has 0 fully saturated rings. The number of nitrogens with one attached hydrogen (secondary N) is 1. The number of methoxy groups -OCH3 is 2. The van der Waals surface area contributed by atoms with E-state index in [1.54, 1.807) is 0 Å². The average molecular weight is 306 g/mol. The average Bonchev–Trinajstić information content (AvgIpc) is 2.37. The zero-order valence-corrected chi connectivity index (χ0v) is 12.0. The van der Waals surface area contributed by atoms with Crippen molar-refractivity contribution in [3.8, 4) is 5.75 Å². The second-order valence-corrected chi connectivity index (χ2v) is 4.37. The first-order chi connectivity index (χ1) is 8.99. The van der Waals surface area contributed by atoms with Crippen LogP contribution in [0.25, 0.3) is 0 Å². The minimum absolute atomic E-state index is 0.0971. The summed E-state index contributed by atoms with van der Waals surface area (Å²) in [7, 11) is 2.72. The van der Waals surface area contributed by atoms with Gasteiger partial charge in [0.1, 0.15) is 0 Å². The van der Waals surface area contributed by atoms with E-state index in [1.165, 1.54) is 26.4 Å². The molecule has 1 aromatic carbocycles. The molecule has 0 aliphatic rings. The second-order valence-electron chi connectivity index (χ2n) is 3.56. The van der Waals surface area contributed by atoms with Gasteiger partial charge in [-0.2, -0.15) is 0 Å². The van der Waals surface area contributed by atoms with Crippen molar-refractivity contribution in [2.24, 2.45) is 0 Å². The number of carbonyl (C=O) groups is 2. The van der Waals surface area contributed by atoms with E-state index in [-0.39, 0.29) is 28.9 Å². The molecule has 0 heterocycles. The van der Waals surface area contributed by atoms with Gasteiger partial charge in [0.15, 0.2) is 5.75 Å². The lowest BCUT2D eigenvalue weighted by atomic mass is 10.2. The summed E-state index contributed by atoms with van der Waals surface area (Å²) < 4.78 is 9.44. The predicted molar refractivity (Wildman–Crippen MR) is 72.0 cm³/mol. The number of benzene rings is 1. The summed E-state index contributed by atoms with van der Waals surface area (Å²) in [5.41, 5.74) is 0.292. The standard InChI is InChI=1S/C12H13Cl2NO4/c1-18-10(16)3-4-15-12(17)7-5-8(13)11(19-2)9(14)6-7/h5-6H,3-4H2,1-2H3,(H,15,17). The molecule has 1 rings (SSSR count). The molecule has 104 valence electrons. The Kier molecular flexibility index (Phi) is 5.92. The number of hydrogen-bond donors (Lipinski definition) is 1. The zero-order chi connectivity index (χ0) is 14.4. The largest absolute Gasteiger partial charge is 0.494 e. The van der Waals surface area contributed by atoms with E-state index in [0.717, 1.165) is 0 Å². The highest BCUT2D eigenvalue weighted by molar-refractivity contribution is 6.37. The molecule has 0 aliphatic heterocycles. The Bertz CT molecular complexity index is 468. The molecular weight excluding hydrogens is 293 g/mol. The molecule has 5 nitrogen and oxygen atoms in total. The minimum Gasteiger partial charge on any atom is -0.494 e. The van der Waals surface area contributed by atoms with Crippen LogP contribution < -0.4 is 10.1 Å². The molecule has 0 saturated carbocycles. The normalized spacial score (nSPS) is 9.89. The highest BCUT2D eigenvalue weighted by Crippen LogP contribution is 2.33. The predicted octanol–water partition coefficient (Wildman–Crippen LogP) is 2.29. The van der Waals surface area contributed by atoms with Gasteiger partial charge in [0.25, 0.3) is 5.91 Å². The van der Waals surface area contributed by atoms with Crippen LogP contribution in [0.3, 0.4) is 0 Å². The molecule has 7 heteroatoms. The Hall–Kier alpha value is -1.46. The van der Waals surface area contributed by atoms with Gasteiger partial charge in [0.05, 0.1) is 30.7 Å². The van der Waals surface area contributed by atoms with Crippen molar-refractivity contribution in [1.82, 2.24) is 5.32 Å². The molecule has 0 aliphatic carbocycles. The van der Waals surface area contributed by atoms with Gasteiger partial charge in [0, 0.05) is 12.1 Å². The molecule has 0 spiro atoms. The lowest BCUT2D eigenvalue weighted by molar-refractivity contribution is -0.140. The second kappa shape index (κ2) is 7.21. The van der Waals surface area contributed by atoms with E-state index in [0.29, 0.717) is 11.3 Å². The Morgan fingerprint density at radius 2 is 1.79 bits per heavy atom. The van der Waals surface area contributed by atoms with Gasteiger partial charge in [-0.05, 0) is 12.1 Å². The fourth-order valence-electron chi connectivity index (χ4n) is 1.37. The van der Waals surface area contributed by atoms with Crippen molar-refractivity contribution in [1.29, 1.82) is 0 Å². The Labute approximate surface area is 120 Å². The summed E-state index contributed by atoms with van der Waals surface area (Å²) >= 11 is 11.8. The Morgan fingerprint density at radius 3 is 2.26 bits per heavy atom. The molecule has 0 unspecified atom stereocenters. The summed E-state index contributed by atoms with van der Waals surface area (Å²) in [5, 5.41) is 3.05. The first-order valence-electron chi connectivity index (χ1n) is 5.37. The summed E-state index contributed by atoms with van der Waals surface area (Å²) in [6.07, 6.45) is 0.0971. The SMILES string of the molecule is COC(=O)CCNC(=O)c1cc(Cl)c(OC)c(Cl)c1. The van der Waals surface area contributed by atoms with Gasteiger partial charge < -0.3 is 14.8 Å². The van der Waals surface area contributed by atoms with Crippen LogP contribution >= 0.6 is 23.2 Å². The lowest BCUT2D eigenvalue weighted by Crippen LogP contribution is -2.26. The molecule has 1 amide bonds. The molecule has 0 bridgehead atoms. The van der Waals surface area contributed by atoms with E-state index in [2.05, 4.69) is 10.1 Å². The van der Waals surface area contributed by atoms with Crippen LogP contribution in [0.1, 0.15) is 16.8 Å². The summed E-state index contributed by atoms with van der Waals surface area (Å²) in [4.78, 5) is 22.7. The summed E-state index contributed by atoms with van der Waals surface area (Å²) in [5.74, 6) is -0.462. The number of carbonyl (C=O) groups excluding carboxylic acids is 2. The molecule has 0 saturated heterocycles. The number of hydrogen-bond acceptors (Lipinski definition) is 4. The van der Waals surface area contributed by atoms with Crippen molar-refractivity contribution in [3.63, 3.8) is 0 Å². The fourth-order valence-corrected chi connectivity index (χ4v) is 2.01. The van der Waals surface area contributed by atoms with E-state index in [9.17, 15) is 9.59 Å². The van der Waals surface area contributed by atoms with E-state index in [1.807, 2.05) is 0 Å². The van der Waals surface area contributed by atoms with Crippen molar-refractivity contribution < 1.29 is 19.1 Å². The van der Waals surface area contributed by atoms with Gasteiger partial charge in [-0.3, -0.25) is 9.59 Å². The van der Waals surface area contributed by atoms with Crippen molar-refractivity contribution in [2.45, 2.75) is 6.42 Å². The smallest absolute Gasteiger partial charge is 0.307 e. The van der Waals surface area contributed by atoms with Crippen LogP contribution in [0.2, 0.25) is 10.0 Å². The highest BCUT2D eigenvalue weighted by atomic mass is 35.5. The Morgan fingerprint density at radius 1 is 1.21 bits per heavy atom. The third-order valence-electron chi connectivity index (χ3n) is 2.31. The van der Waals surface area contributed by atoms with Gasteiger partial charge >= 0.3 is 5.97 Å². The van der Waals surface area contributed by atoms with Gasteiger partial charge in [-0.25, -0.2) is 0 Å². The molecule has 19 heavy (non-hydrogen) atoms. The topological polar surface area (TPSA) is 64.6 Å². The molecule has 0 radical (unpaired) electrons. The maximum Gasteiger partial charge on any atom is 0.307 e. The molecule has 1 aromatic rings. The van der Waals surface area contributed by atoms with Crippen molar-refractivity contribution >= 4 is 35.1 Å². The third-order valence-corrected chi connectivity index (χ3v) is 2.87.